The quantitative estimate of drug-likeness (QED) is 0.719. The summed E-state index contributed by atoms with van der Waals surface area (Å²) in [5.41, 5.74) is -0.746. The predicted molar refractivity (Wildman–Crippen MR) is 55.5 cm³/mol. The van der Waals surface area contributed by atoms with Gasteiger partial charge in [0, 0.05) is 19.4 Å². The lowest BCUT2D eigenvalue weighted by Gasteiger charge is -2.35. The van der Waals surface area contributed by atoms with E-state index in [1.807, 2.05) is 6.92 Å². The minimum absolute atomic E-state index is 0.0749. The van der Waals surface area contributed by atoms with Crippen LogP contribution in [0.1, 0.15) is 39.5 Å². The number of carbonyl (C=O) groups excluding carboxylic acids is 1. The molecule has 0 aromatic carbocycles. The molecule has 15 heavy (non-hydrogen) atoms. The Morgan fingerprint density at radius 2 is 2.40 bits per heavy atom. The summed E-state index contributed by atoms with van der Waals surface area (Å²) in [5, 5.41) is 10.2. The van der Waals surface area contributed by atoms with Crippen molar-refractivity contribution in [3.63, 3.8) is 0 Å². The fraction of sp³-hybridized carbons (Fsp3) is 0.909. The van der Waals surface area contributed by atoms with Gasteiger partial charge >= 0.3 is 5.97 Å². The Kier molecular flexibility index (Phi) is 4.54. The van der Waals surface area contributed by atoms with E-state index < -0.39 is 5.60 Å². The maximum atomic E-state index is 11.1. The first kappa shape index (κ1) is 12.5. The normalized spacial score (nSPS) is 31.3. The first-order chi connectivity index (χ1) is 7.06. The van der Waals surface area contributed by atoms with E-state index in [9.17, 15) is 9.90 Å². The molecule has 0 saturated carbocycles. The van der Waals surface area contributed by atoms with Crippen LogP contribution in [0, 0.1) is 0 Å². The SMILES string of the molecule is CCOC(=O)CCC1(O)CCOC(C)C1. The fourth-order valence-corrected chi connectivity index (χ4v) is 1.94. The lowest BCUT2D eigenvalue weighted by atomic mass is 9.86. The number of esters is 1. The van der Waals surface area contributed by atoms with Gasteiger partial charge in [-0.05, 0) is 26.7 Å². The van der Waals surface area contributed by atoms with Crippen LogP contribution >= 0.6 is 0 Å². The van der Waals surface area contributed by atoms with E-state index >= 15 is 0 Å². The second-order valence-electron chi connectivity index (χ2n) is 4.16. The Labute approximate surface area is 90.6 Å². The monoisotopic (exact) mass is 216 g/mol. The number of hydrogen-bond acceptors (Lipinski definition) is 4. The van der Waals surface area contributed by atoms with Gasteiger partial charge in [0.2, 0.25) is 0 Å². The maximum Gasteiger partial charge on any atom is 0.305 e. The predicted octanol–water partition coefficient (Wildman–Crippen LogP) is 1.26. The highest BCUT2D eigenvalue weighted by Gasteiger charge is 2.33. The van der Waals surface area contributed by atoms with Crippen molar-refractivity contribution < 1.29 is 19.4 Å². The van der Waals surface area contributed by atoms with Gasteiger partial charge < -0.3 is 14.6 Å². The standard InChI is InChI=1S/C11H20O4/c1-3-14-10(12)4-5-11(13)6-7-15-9(2)8-11/h9,13H,3-8H2,1-2H3. The molecule has 0 aliphatic carbocycles. The molecule has 1 heterocycles. The molecule has 1 aliphatic rings. The second-order valence-corrected chi connectivity index (χ2v) is 4.16. The van der Waals surface area contributed by atoms with Gasteiger partial charge in [-0.25, -0.2) is 0 Å². The van der Waals surface area contributed by atoms with Crippen LogP contribution in [0.4, 0.5) is 0 Å². The molecule has 0 bridgehead atoms. The van der Waals surface area contributed by atoms with E-state index in [0.717, 1.165) is 0 Å². The van der Waals surface area contributed by atoms with Crippen molar-refractivity contribution in [3.05, 3.63) is 0 Å². The molecule has 1 N–H and O–H groups in total. The highest BCUT2D eigenvalue weighted by atomic mass is 16.5. The molecule has 0 radical (unpaired) electrons. The minimum Gasteiger partial charge on any atom is -0.466 e. The maximum absolute atomic E-state index is 11.1. The Morgan fingerprint density at radius 1 is 1.67 bits per heavy atom. The summed E-state index contributed by atoms with van der Waals surface area (Å²) in [6.07, 6.45) is 2.05. The van der Waals surface area contributed by atoms with Crippen LogP contribution in [0.15, 0.2) is 0 Å². The Bertz CT molecular complexity index is 217. The lowest BCUT2D eigenvalue weighted by Crippen LogP contribution is -2.40. The Hall–Kier alpha value is -0.610. The second kappa shape index (κ2) is 5.47. The number of rotatable bonds is 4. The van der Waals surface area contributed by atoms with Crippen LogP contribution in [0.2, 0.25) is 0 Å². The van der Waals surface area contributed by atoms with Crippen LogP contribution in [0.25, 0.3) is 0 Å². The minimum atomic E-state index is -0.746. The zero-order valence-electron chi connectivity index (χ0n) is 9.49. The smallest absolute Gasteiger partial charge is 0.305 e. The third-order valence-electron chi connectivity index (χ3n) is 2.74. The first-order valence-electron chi connectivity index (χ1n) is 5.55. The van der Waals surface area contributed by atoms with Gasteiger partial charge in [-0.3, -0.25) is 4.79 Å². The summed E-state index contributed by atoms with van der Waals surface area (Å²) in [4.78, 5) is 11.1. The summed E-state index contributed by atoms with van der Waals surface area (Å²) in [6, 6.07) is 0. The van der Waals surface area contributed by atoms with Gasteiger partial charge in [-0.1, -0.05) is 0 Å². The lowest BCUT2D eigenvalue weighted by molar-refractivity contribution is -0.147. The molecule has 0 spiro atoms. The number of ether oxygens (including phenoxy) is 2. The summed E-state index contributed by atoms with van der Waals surface area (Å²) in [5.74, 6) is -0.231. The third kappa shape index (κ3) is 4.18. The summed E-state index contributed by atoms with van der Waals surface area (Å²) in [6.45, 7) is 4.69. The largest absolute Gasteiger partial charge is 0.466 e. The zero-order valence-corrected chi connectivity index (χ0v) is 9.49. The van der Waals surface area contributed by atoms with E-state index in [1.54, 1.807) is 6.92 Å². The number of hydrogen-bond donors (Lipinski definition) is 1. The summed E-state index contributed by atoms with van der Waals surface area (Å²) < 4.78 is 10.2. The third-order valence-corrected chi connectivity index (χ3v) is 2.74. The van der Waals surface area contributed by atoms with Crippen LogP contribution in [0.5, 0.6) is 0 Å². The van der Waals surface area contributed by atoms with E-state index in [1.165, 1.54) is 0 Å². The van der Waals surface area contributed by atoms with E-state index in [2.05, 4.69) is 0 Å². The average molecular weight is 216 g/mol. The van der Waals surface area contributed by atoms with Crippen molar-refractivity contribution in [2.45, 2.75) is 51.2 Å². The van der Waals surface area contributed by atoms with Gasteiger partial charge in [-0.15, -0.1) is 0 Å². The van der Waals surface area contributed by atoms with Gasteiger partial charge in [0.1, 0.15) is 0 Å². The van der Waals surface area contributed by atoms with Gasteiger partial charge in [-0.2, -0.15) is 0 Å². The van der Waals surface area contributed by atoms with Gasteiger partial charge in [0.05, 0.1) is 18.3 Å². The van der Waals surface area contributed by atoms with Crippen molar-refractivity contribution in [1.82, 2.24) is 0 Å². The molecular weight excluding hydrogens is 196 g/mol. The highest BCUT2D eigenvalue weighted by Crippen LogP contribution is 2.28. The molecule has 0 aromatic rings. The molecule has 1 rings (SSSR count). The summed E-state index contributed by atoms with van der Waals surface area (Å²) in [7, 11) is 0. The molecule has 0 amide bonds. The molecule has 2 unspecified atom stereocenters. The van der Waals surface area contributed by atoms with Crippen LogP contribution < -0.4 is 0 Å². The number of aliphatic hydroxyl groups is 1. The van der Waals surface area contributed by atoms with Crippen LogP contribution in [0.3, 0.4) is 0 Å². The summed E-state index contributed by atoms with van der Waals surface area (Å²) >= 11 is 0. The van der Waals surface area contributed by atoms with Crippen molar-refractivity contribution in [2.75, 3.05) is 13.2 Å². The molecule has 0 aromatic heterocycles. The zero-order chi connectivity index (χ0) is 11.3. The number of carbonyl (C=O) groups is 1. The van der Waals surface area contributed by atoms with Gasteiger partial charge in [0.25, 0.3) is 0 Å². The van der Waals surface area contributed by atoms with Crippen molar-refractivity contribution in [3.8, 4) is 0 Å². The van der Waals surface area contributed by atoms with E-state index in [-0.39, 0.29) is 18.5 Å². The molecule has 2 atom stereocenters. The highest BCUT2D eigenvalue weighted by molar-refractivity contribution is 5.69. The molecule has 1 aliphatic heterocycles. The van der Waals surface area contributed by atoms with E-state index in [4.69, 9.17) is 9.47 Å². The fourth-order valence-electron chi connectivity index (χ4n) is 1.94. The average Bonchev–Trinajstić information content (AvgIpc) is 2.15. The molecule has 4 heteroatoms. The van der Waals surface area contributed by atoms with Crippen molar-refractivity contribution in [2.24, 2.45) is 0 Å². The Morgan fingerprint density at radius 3 is 3.00 bits per heavy atom. The molecule has 4 nitrogen and oxygen atoms in total. The topological polar surface area (TPSA) is 55.8 Å². The Balaban J connectivity index is 2.32. The van der Waals surface area contributed by atoms with Crippen molar-refractivity contribution in [1.29, 1.82) is 0 Å². The van der Waals surface area contributed by atoms with Crippen LogP contribution in [-0.4, -0.2) is 36.0 Å². The van der Waals surface area contributed by atoms with E-state index in [0.29, 0.717) is 32.5 Å². The molecule has 1 saturated heterocycles. The first-order valence-corrected chi connectivity index (χ1v) is 5.55. The molecule has 88 valence electrons. The van der Waals surface area contributed by atoms with Crippen molar-refractivity contribution >= 4 is 5.97 Å². The van der Waals surface area contributed by atoms with Crippen LogP contribution in [-0.2, 0) is 14.3 Å². The molecular formula is C11H20O4. The molecule has 1 fully saturated rings. The van der Waals surface area contributed by atoms with Gasteiger partial charge in [0.15, 0.2) is 0 Å².